The maximum Gasteiger partial charge on any atom is 0.338 e. The van der Waals surface area contributed by atoms with Crippen molar-refractivity contribution >= 4 is 11.7 Å². The average molecular weight is 260 g/mol. The van der Waals surface area contributed by atoms with Gasteiger partial charge in [0.15, 0.2) is 12.4 Å². The Bertz CT molecular complexity index is 619. The Kier molecular flexibility index (Phi) is 3.50. The average Bonchev–Trinajstić information content (AvgIpc) is 2.70. The summed E-state index contributed by atoms with van der Waals surface area (Å²) in [4.78, 5) is 12.0. The van der Waals surface area contributed by atoms with Crippen molar-refractivity contribution in [1.29, 1.82) is 0 Å². The summed E-state index contributed by atoms with van der Waals surface area (Å²) in [5.41, 5.74) is 7.50. The normalized spacial score (nSPS) is 10.5. The first-order valence-electron chi connectivity index (χ1n) is 5.87. The van der Waals surface area contributed by atoms with Crippen LogP contribution in [0.3, 0.4) is 0 Å². The predicted octanol–water partition coefficient (Wildman–Crippen LogP) is 1.37. The number of nitrogens with zero attached hydrogens (tertiary/aromatic N) is 3. The number of esters is 1. The SMILES string of the molecule is Cc1ccc(N)cc1C(=O)OCc1nnc(C)n1C. The van der Waals surface area contributed by atoms with Crippen LogP contribution in [0.5, 0.6) is 0 Å². The smallest absolute Gasteiger partial charge is 0.338 e. The number of benzene rings is 1. The summed E-state index contributed by atoms with van der Waals surface area (Å²) in [6, 6.07) is 5.15. The lowest BCUT2D eigenvalue weighted by atomic mass is 10.1. The molecule has 0 saturated heterocycles. The minimum absolute atomic E-state index is 0.0877. The molecule has 0 fully saturated rings. The first kappa shape index (κ1) is 13.1. The van der Waals surface area contributed by atoms with E-state index in [4.69, 9.17) is 10.5 Å². The maximum absolute atomic E-state index is 12.0. The van der Waals surface area contributed by atoms with Crippen molar-refractivity contribution in [2.75, 3.05) is 5.73 Å². The van der Waals surface area contributed by atoms with Crippen LogP contribution in [0.2, 0.25) is 0 Å². The Morgan fingerprint density at radius 1 is 1.37 bits per heavy atom. The molecule has 0 spiro atoms. The number of carbonyl (C=O) groups excluding carboxylic acids is 1. The summed E-state index contributed by atoms with van der Waals surface area (Å²) in [7, 11) is 1.82. The van der Waals surface area contributed by atoms with Gasteiger partial charge in [-0.05, 0) is 31.5 Å². The second kappa shape index (κ2) is 5.09. The lowest BCUT2D eigenvalue weighted by molar-refractivity contribution is 0.0458. The number of aryl methyl sites for hydroxylation is 2. The van der Waals surface area contributed by atoms with Gasteiger partial charge < -0.3 is 15.0 Å². The molecule has 2 N–H and O–H groups in total. The van der Waals surface area contributed by atoms with Crippen molar-refractivity contribution in [3.63, 3.8) is 0 Å². The summed E-state index contributed by atoms with van der Waals surface area (Å²) in [6.45, 7) is 3.76. The fraction of sp³-hybridized carbons (Fsp3) is 0.308. The fourth-order valence-corrected chi connectivity index (χ4v) is 1.64. The zero-order valence-electron chi connectivity index (χ0n) is 11.2. The number of nitrogens with two attached hydrogens (primary N) is 1. The Labute approximate surface area is 111 Å². The summed E-state index contributed by atoms with van der Waals surface area (Å²) >= 11 is 0. The van der Waals surface area contributed by atoms with Gasteiger partial charge in [0.05, 0.1) is 5.56 Å². The molecule has 1 heterocycles. The van der Waals surface area contributed by atoms with E-state index in [1.807, 2.05) is 20.9 Å². The van der Waals surface area contributed by atoms with E-state index in [-0.39, 0.29) is 6.61 Å². The Hall–Kier alpha value is -2.37. The molecular formula is C13H16N4O2. The minimum Gasteiger partial charge on any atom is -0.454 e. The second-order valence-electron chi connectivity index (χ2n) is 4.37. The van der Waals surface area contributed by atoms with Crippen LogP contribution in [0.25, 0.3) is 0 Å². The minimum atomic E-state index is -0.412. The van der Waals surface area contributed by atoms with E-state index in [1.54, 1.807) is 22.8 Å². The third-order valence-electron chi connectivity index (χ3n) is 3.00. The number of anilines is 1. The van der Waals surface area contributed by atoms with Gasteiger partial charge in [-0.25, -0.2) is 4.79 Å². The van der Waals surface area contributed by atoms with Gasteiger partial charge in [0.1, 0.15) is 5.82 Å². The molecule has 2 aromatic rings. The van der Waals surface area contributed by atoms with Gasteiger partial charge >= 0.3 is 5.97 Å². The first-order chi connectivity index (χ1) is 8.99. The van der Waals surface area contributed by atoms with E-state index < -0.39 is 5.97 Å². The van der Waals surface area contributed by atoms with Gasteiger partial charge in [-0.15, -0.1) is 10.2 Å². The second-order valence-corrected chi connectivity index (χ2v) is 4.37. The molecule has 19 heavy (non-hydrogen) atoms. The van der Waals surface area contributed by atoms with Crippen molar-refractivity contribution in [1.82, 2.24) is 14.8 Å². The molecule has 0 aliphatic heterocycles. The summed E-state index contributed by atoms with van der Waals surface area (Å²) in [5.74, 6) is 0.962. The van der Waals surface area contributed by atoms with Crippen LogP contribution in [0.15, 0.2) is 18.2 Å². The third-order valence-corrected chi connectivity index (χ3v) is 3.00. The monoisotopic (exact) mass is 260 g/mol. The van der Waals surface area contributed by atoms with Gasteiger partial charge in [-0.1, -0.05) is 6.07 Å². The molecule has 0 saturated carbocycles. The number of carbonyl (C=O) groups is 1. The molecule has 6 heteroatoms. The molecule has 1 aromatic carbocycles. The highest BCUT2D eigenvalue weighted by Crippen LogP contribution is 2.14. The number of ether oxygens (including phenoxy) is 1. The molecule has 0 aliphatic carbocycles. The largest absolute Gasteiger partial charge is 0.454 e. The van der Waals surface area contributed by atoms with Gasteiger partial charge in [-0.2, -0.15) is 0 Å². The van der Waals surface area contributed by atoms with Crippen molar-refractivity contribution in [3.8, 4) is 0 Å². The summed E-state index contributed by atoms with van der Waals surface area (Å²) in [6.07, 6.45) is 0. The van der Waals surface area contributed by atoms with E-state index in [2.05, 4.69) is 10.2 Å². The molecule has 0 bridgehead atoms. The number of nitrogen functional groups attached to an aromatic ring is 1. The summed E-state index contributed by atoms with van der Waals surface area (Å²) < 4.78 is 7.00. The van der Waals surface area contributed by atoms with Crippen LogP contribution in [-0.4, -0.2) is 20.7 Å². The van der Waals surface area contributed by atoms with Gasteiger partial charge in [0.2, 0.25) is 0 Å². The van der Waals surface area contributed by atoms with E-state index in [1.165, 1.54) is 0 Å². The van der Waals surface area contributed by atoms with Crippen LogP contribution < -0.4 is 5.73 Å². The van der Waals surface area contributed by atoms with Gasteiger partial charge in [0.25, 0.3) is 0 Å². The molecule has 2 rings (SSSR count). The molecule has 1 aromatic heterocycles. The highest BCUT2D eigenvalue weighted by molar-refractivity contribution is 5.92. The standard InChI is InChI=1S/C13H16N4O2/c1-8-4-5-10(14)6-11(8)13(18)19-7-12-16-15-9(2)17(12)3/h4-6H,7,14H2,1-3H3. The van der Waals surface area contributed by atoms with Crippen molar-refractivity contribution < 1.29 is 9.53 Å². The molecule has 6 nitrogen and oxygen atoms in total. The number of aromatic nitrogens is 3. The zero-order chi connectivity index (χ0) is 14.0. The third kappa shape index (κ3) is 2.73. The molecule has 0 radical (unpaired) electrons. The predicted molar refractivity (Wildman–Crippen MR) is 70.5 cm³/mol. The van der Waals surface area contributed by atoms with Crippen LogP contribution in [0.4, 0.5) is 5.69 Å². The Morgan fingerprint density at radius 3 is 2.74 bits per heavy atom. The molecule has 0 aliphatic rings. The zero-order valence-corrected chi connectivity index (χ0v) is 11.2. The topological polar surface area (TPSA) is 83.0 Å². The lowest BCUT2D eigenvalue weighted by Gasteiger charge is -2.07. The van der Waals surface area contributed by atoms with Crippen LogP contribution in [0, 0.1) is 13.8 Å². The first-order valence-corrected chi connectivity index (χ1v) is 5.87. The highest BCUT2D eigenvalue weighted by Gasteiger charge is 2.13. The van der Waals surface area contributed by atoms with Gasteiger partial charge in [-0.3, -0.25) is 0 Å². The van der Waals surface area contributed by atoms with Crippen LogP contribution in [-0.2, 0) is 18.4 Å². The fourth-order valence-electron chi connectivity index (χ4n) is 1.64. The van der Waals surface area contributed by atoms with Crippen LogP contribution in [0.1, 0.15) is 27.6 Å². The Morgan fingerprint density at radius 2 is 2.11 bits per heavy atom. The molecule has 0 atom stereocenters. The summed E-state index contributed by atoms with van der Waals surface area (Å²) in [5, 5.41) is 7.83. The van der Waals surface area contributed by atoms with E-state index in [9.17, 15) is 4.79 Å². The van der Waals surface area contributed by atoms with E-state index >= 15 is 0 Å². The van der Waals surface area contributed by atoms with E-state index in [0.29, 0.717) is 17.1 Å². The number of hydrogen-bond acceptors (Lipinski definition) is 5. The van der Waals surface area contributed by atoms with Crippen LogP contribution >= 0.6 is 0 Å². The van der Waals surface area contributed by atoms with Crippen molar-refractivity contribution in [2.45, 2.75) is 20.5 Å². The van der Waals surface area contributed by atoms with E-state index in [0.717, 1.165) is 11.4 Å². The highest BCUT2D eigenvalue weighted by atomic mass is 16.5. The van der Waals surface area contributed by atoms with Crippen molar-refractivity contribution in [2.24, 2.45) is 7.05 Å². The molecule has 0 unspecified atom stereocenters. The molecule has 0 amide bonds. The number of rotatable bonds is 3. The molecular weight excluding hydrogens is 244 g/mol. The number of hydrogen-bond donors (Lipinski definition) is 1. The molecule has 100 valence electrons. The maximum atomic E-state index is 12.0. The van der Waals surface area contributed by atoms with Gasteiger partial charge in [0, 0.05) is 12.7 Å². The van der Waals surface area contributed by atoms with Crippen molar-refractivity contribution in [3.05, 3.63) is 41.0 Å². The quantitative estimate of drug-likeness (QED) is 0.665. The Balaban J connectivity index is 2.09. The lowest BCUT2D eigenvalue weighted by Crippen LogP contribution is -2.10.